The summed E-state index contributed by atoms with van der Waals surface area (Å²) < 4.78 is 23.6. The number of fused-ring (bicyclic) bond motifs is 1. The molecule has 2 saturated carbocycles. The van der Waals surface area contributed by atoms with Gasteiger partial charge in [0.2, 0.25) is 5.79 Å². The van der Waals surface area contributed by atoms with E-state index < -0.39 is 35.0 Å². The lowest BCUT2D eigenvalue weighted by Gasteiger charge is -2.56. The van der Waals surface area contributed by atoms with Gasteiger partial charge in [0.1, 0.15) is 11.7 Å². The van der Waals surface area contributed by atoms with E-state index in [1.165, 1.54) is 0 Å². The largest absolute Gasteiger partial charge is 0.459 e. The van der Waals surface area contributed by atoms with E-state index >= 15 is 0 Å². The molecule has 0 aromatic carbocycles. The highest BCUT2D eigenvalue weighted by molar-refractivity contribution is 5.93. The number of epoxide rings is 1. The number of carbonyl (C=O) groups excluding carboxylic acids is 2. The Kier molecular flexibility index (Phi) is 4.54. The van der Waals surface area contributed by atoms with Gasteiger partial charge in [-0.1, -0.05) is 19.9 Å². The molecule has 7 heteroatoms. The van der Waals surface area contributed by atoms with Gasteiger partial charge in [0.05, 0.1) is 18.6 Å². The van der Waals surface area contributed by atoms with E-state index in [0.717, 1.165) is 0 Å². The molecular formula is C22H30O7. The quantitative estimate of drug-likeness (QED) is 0.435. The van der Waals surface area contributed by atoms with E-state index in [1.807, 2.05) is 20.8 Å². The standard InChI is InChI=1S/C22H30O7/c1-7-11(3)18(24)27-14-9-15-21(28-15)10-22(26-8-2)16(12(4)19(25)29-22)17(23)20(21,6)13(14)5/h7,13-15,17,23H,8-10H2,1-6H3. The minimum absolute atomic E-state index is 0.194. The van der Waals surface area contributed by atoms with Crippen LogP contribution < -0.4 is 0 Å². The van der Waals surface area contributed by atoms with Crippen molar-refractivity contribution in [2.45, 2.75) is 84.1 Å². The first-order valence-electron chi connectivity index (χ1n) is 10.4. The van der Waals surface area contributed by atoms with E-state index in [1.54, 1.807) is 26.8 Å². The van der Waals surface area contributed by atoms with Crippen LogP contribution in [-0.4, -0.2) is 53.4 Å². The summed E-state index contributed by atoms with van der Waals surface area (Å²) in [6.45, 7) is 11.3. The van der Waals surface area contributed by atoms with Crippen molar-refractivity contribution >= 4 is 11.9 Å². The zero-order valence-corrected chi connectivity index (χ0v) is 17.9. The summed E-state index contributed by atoms with van der Waals surface area (Å²) in [4.78, 5) is 24.8. The van der Waals surface area contributed by atoms with Gasteiger partial charge in [0.25, 0.3) is 0 Å². The summed E-state index contributed by atoms with van der Waals surface area (Å²) in [5.74, 6) is -2.30. The lowest BCUT2D eigenvalue weighted by molar-refractivity contribution is -0.246. The Hall–Kier alpha value is -1.70. The Balaban J connectivity index is 1.73. The van der Waals surface area contributed by atoms with Gasteiger partial charge in [-0.2, -0.15) is 0 Å². The van der Waals surface area contributed by atoms with Crippen molar-refractivity contribution in [2.75, 3.05) is 6.61 Å². The topological polar surface area (TPSA) is 94.6 Å². The van der Waals surface area contributed by atoms with E-state index in [4.69, 9.17) is 18.9 Å². The highest BCUT2D eigenvalue weighted by atomic mass is 16.7. The molecule has 0 radical (unpaired) electrons. The fourth-order valence-corrected chi connectivity index (χ4v) is 5.70. The summed E-state index contributed by atoms with van der Waals surface area (Å²) in [7, 11) is 0. The maximum atomic E-state index is 12.4. The number of ether oxygens (including phenoxy) is 4. The van der Waals surface area contributed by atoms with Gasteiger partial charge < -0.3 is 24.1 Å². The second kappa shape index (κ2) is 6.40. The molecule has 4 rings (SSSR count). The second-order valence-electron chi connectivity index (χ2n) is 8.91. The Labute approximate surface area is 171 Å². The molecule has 29 heavy (non-hydrogen) atoms. The normalized spacial score (nSPS) is 45.9. The molecule has 0 aromatic heterocycles. The van der Waals surface area contributed by atoms with Crippen LogP contribution in [0.4, 0.5) is 0 Å². The van der Waals surface area contributed by atoms with Crippen LogP contribution in [0.5, 0.6) is 0 Å². The van der Waals surface area contributed by atoms with Crippen molar-refractivity contribution in [1.29, 1.82) is 0 Å². The number of hydrogen-bond acceptors (Lipinski definition) is 7. The maximum absolute atomic E-state index is 12.4. The van der Waals surface area contributed by atoms with Gasteiger partial charge in [0, 0.05) is 41.1 Å². The summed E-state index contributed by atoms with van der Waals surface area (Å²) in [5.41, 5.74) is -0.0293. The van der Waals surface area contributed by atoms with Crippen molar-refractivity contribution < 1.29 is 33.6 Å². The van der Waals surface area contributed by atoms with Crippen LogP contribution in [0.3, 0.4) is 0 Å². The van der Waals surface area contributed by atoms with E-state index in [-0.39, 0.29) is 18.0 Å². The van der Waals surface area contributed by atoms with Gasteiger partial charge in [-0.05, 0) is 27.7 Å². The van der Waals surface area contributed by atoms with Crippen LogP contribution in [0.1, 0.15) is 54.4 Å². The molecule has 7 nitrogen and oxygen atoms in total. The molecule has 2 heterocycles. The molecule has 0 aromatic rings. The average molecular weight is 406 g/mol. The highest BCUT2D eigenvalue weighted by Gasteiger charge is 2.81. The summed E-state index contributed by atoms with van der Waals surface area (Å²) >= 11 is 0. The molecule has 1 saturated heterocycles. The minimum atomic E-state index is -1.28. The van der Waals surface area contributed by atoms with Crippen LogP contribution in [0.15, 0.2) is 22.8 Å². The molecular weight excluding hydrogens is 376 g/mol. The number of allylic oxidation sites excluding steroid dienone is 1. The minimum Gasteiger partial charge on any atom is -0.459 e. The monoisotopic (exact) mass is 406 g/mol. The fourth-order valence-electron chi connectivity index (χ4n) is 5.70. The predicted octanol–water partition coefficient (Wildman–Crippen LogP) is 2.42. The first-order valence-corrected chi connectivity index (χ1v) is 10.4. The zero-order chi connectivity index (χ0) is 21.4. The number of hydrogen-bond donors (Lipinski definition) is 1. The Morgan fingerprint density at radius 2 is 2.10 bits per heavy atom. The molecule has 0 amide bonds. The molecule has 2 aliphatic carbocycles. The third-order valence-corrected chi connectivity index (χ3v) is 7.78. The molecule has 0 bridgehead atoms. The summed E-state index contributed by atoms with van der Waals surface area (Å²) in [5, 5.41) is 11.6. The SMILES string of the molecule is CC=C(C)C(=O)OC1CC2OC23CC2(OCC)OC(=O)C(C)=C2C(O)C3(C)C1C. The van der Waals surface area contributed by atoms with Gasteiger partial charge >= 0.3 is 11.9 Å². The first kappa shape index (κ1) is 20.6. The number of aliphatic hydroxyl groups is 1. The van der Waals surface area contributed by atoms with Gasteiger partial charge in [-0.25, -0.2) is 9.59 Å². The van der Waals surface area contributed by atoms with E-state index in [2.05, 4.69) is 0 Å². The summed E-state index contributed by atoms with van der Waals surface area (Å²) in [6, 6.07) is 0. The Morgan fingerprint density at radius 1 is 1.41 bits per heavy atom. The molecule has 7 atom stereocenters. The zero-order valence-electron chi connectivity index (χ0n) is 17.9. The van der Waals surface area contributed by atoms with Crippen molar-refractivity contribution in [3.8, 4) is 0 Å². The summed E-state index contributed by atoms with van der Waals surface area (Å²) in [6.07, 6.45) is 0.996. The molecule has 160 valence electrons. The van der Waals surface area contributed by atoms with Crippen LogP contribution in [0.25, 0.3) is 0 Å². The van der Waals surface area contributed by atoms with Gasteiger partial charge in [-0.3, -0.25) is 0 Å². The molecule has 1 spiro atoms. The Bertz CT molecular complexity index is 829. The van der Waals surface area contributed by atoms with Crippen LogP contribution in [-0.2, 0) is 28.5 Å². The highest BCUT2D eigenvalue weighted by Crippen LogP contribution is 2.70. The molecule has 2 aliphatic heterocycles. The Morgan fingerprint density at radius 3 is 2.72 bits per heavy atom. The molecule has 3 fully saturated rings. The number of carbonyl (C=O) groups is 2. The lowest BCUT2D eigenvalue weighted by Crippen LogP contribution is -2.66. The lowest BCUT2D eigenvalue weighted by atomic mass is 9.51. The smallest absolute Gasteiger partial charge is 0.336 e. The van der Waals surface area contributed by atoms with Crippen LogP contribution in [0.2, 0.25) is 0 Å². The number of rotatable bonds is 4. The fraction of sp³-hybridized carbons (Fsp3) is 0.727. The van der Waals surface area contributed by atoms with E-state index in [0.29, 0.717) is 36.2 Å². The van der Waals surface area contributed by atoms with Crippen molar-refractivity contribution in [3.05, 3.63) is 22.8 Å². The first-order chi connectivity index (χ1) is 13.6. The number of aliphatic hydroxyl groups excluding tert-OH is 1. The average Bonchev–Trinajstić information content (AvgIpc) is 3.30. The molecule has 4 aliphatic rings. The number of esters is 2. The van der Waals surface area contributed by atoms with Crippen molar-refractivity contribution in [3.63, 3.8) is 0 Å². The molecule has 7 unspecified atom stereocenters. The van der Waals surface area contributed by atoms with E-state index in [9.17, 15) is 14.7 Å². The maximum Gasteiger partial charge on any atom is 0.336 e. The predicted molar refractivity (Wildman–Crippen MR) is 103 cm³/mol. The van der Waals surface area contributed by atoms with Gasteiger partial charge in [0.15, 0.2) is 0 Å². The third-order valence-electron chi connectivity index (χ3n) is 7.78. The third kappa shape index (κ3) is 2.47. The van der Waals surface area contributed by atoms with Crippen LogP contribution in [0, 0.1) is 11.3 Å². The van der Waals surface area contributed by atoms with Crippen LogP contribution >= 0.6 is 0 Å². The molecule has 1 N–H and O–H groups in total. The van der Waals surface area contributed by atoms with Gasteiger partial charge in [-0.15, -0.1) is 0 Å². The van der Waals surface area contributed by atoms with Crippen molar-refractivity contribution in [2.24, 2.45) is 11.3 Å². The van der Waals surface area contributed by atoms with Crippen molar-refractivity contribution in [1.82, 2.24) is 0 Å². The second-order valence-corrected chi connectivity index (χ2v) is 8.91.